The van der Waals surface area contributed by atoms with Crippen LogP contribution in [-0.2, 0) is 24.3 Å². The van der Waals surface area contributed by atoms with Crippen LogP contribution in [0.25, 0.3) is 0 Å². The van der Waals surface area contributed by atoms with Crippen LogP contribution in [0.1, 0.15) is 38.2 Å². The maximum atomic E-state index is 12.8. The van der Waals surface area contributed by atoms with Crippen molar-refractivity contribution in [1.29, 1.82) is 0 Å². The monoisotopic (exact) mass is 394 g/mol. The third kappa shape index (κ3) is 4.68. The first-order valence-corrected chi connectivity index (χ1v) is 10.8. The number of nitrogens with zero attached hydrogens (tertiary/aromatic N) is 2. The fraction of sp³-hybridized carbons (Fsp3) is 0.579. The van der Waals surface area contributed by atoms with Crippen molar-refractivity contribution in [2.45, 2.75) is 37.5 Å². The highest BCUT2D eigenvalue weighted by Gasteiger charge is 2.33. The average Bonchev–Trinajstić information content (AvgIpc) is 3.51. The number of rotatable bonds is 6. The van der Waals surface area contributed by atoms with Crippen molar-refractivity contribution >= 4 is 21.9 Å². The Kier molecular flexibility index (Phi) is 5.86. The Morgan fingerprint density at radius 1 is 1.07 bits per heavy atom. The molecule has 0 spiro atoms. The molecule has 1 aromatic carbocycles. The number of hydrogen-bond acceptors (Lipinski definition) is 5. The van der Waals surface area contributed by atoms with E-state index in [2.05, 4.69) is 13.8 Å². The van der Waals surface area contributed by atoms with Gasteiger partial charge in [0.1, 0.15) is 0 Å². The van der Waals surface area contributed by atoms with E-state index >= 15 is 0 Å². The third-order valence-corrected chi connectivity index (χ3v) is 6.94. The number of carbonyl (C=O) groups is 2. The molecule has 0 atom stereocenters. The molecule has 0 aromatic heterocycles. The molecule has 2 fully saturated rings. The number of ether oxygens (including phenoxy) is 1. The molecular formula is C19H26N2O5S. The molecule has 148 valence electrons. The van der Waals surface area contributed by atoms with Crippen molar-refractivity contribution in [3.05, 3.63) is 29.8 Å². The first kappa shape index (κ1) is 19.8. The summed E-state index contributed by atoms with van der Waals surface area (Å²) in [6, 6.07) is 6.95. The van der Waals surface area contributed by atoms with Gasteiger partial charge in [0, 0.05) is 26.2 Å². The van der Waals surface area contributed by atoms with Crippen molar-refractivity contribution in [3.63, 3.8) is 0 Å². The van der Waals surface area contributed by atoms with Crippen LogP contribution in [0, 0.1) is 5.92 Å². The molecule has 0 unspecified atom stereocenters. The highest BCUT2D eigenvalue weighted by atomic mass is 32.2. The molecule has 1 amide bonds. The summed E-state index contributed by atoms with van der Waals surface area (Å²) >= 11 is 0. The van der Waals surface area contributed by atoms with Gasteiger partial charge in [-0.3, -0.25) is 9.59 Å². The van der Waals surface area contributed by atoms with Crippen LogP contribution in [0.2, 0.25) is 0 Å². The molecule has 0 bridgehead atoms. The van der Waals surface area contributed by atoms with Crippen LogP contribution in [0.4, 0.5) is 0 Å². The summed E-state index contributed by atoms with van der Waals surface area (Å²) in [5.74, 6) is -0.288. The van der Waals surface area contributed by atoms with Crippen molar-refractivity contribution in [2.75, 3.05) is 32.8 Å². The quantitative estimate of drug-likeness (QED) is 0.684. The molecular weight excluding hydrogens is 368 g/mol. The predicted molar refractivity (Wildman–Crippen MR) is 99.6 cm³/mol. The molecule has 1 aliphatic carbocycles. The second-order valence-corrected chi connectivity index (χ2v) is 9.33. The molecule has 27 heavy (non-hydrogen) atoms. The summed E-state index contributed by atoms with van der Waals surface area (Å²) in [6.07, 6.45) is 1.67. The van der Waals surface area contributed by atoms with Gasteiger partial charge in [0.2, 0.25) is 10.0 Å². The Labute approximate surface area is 160 Å². The molecule has 2 aliphatic rings. The van der Waals surface area contributed by atoms with Crippen molar-refractivity contribution < 1.29 is 22.7 Å². The minimum atomic E-state index is -3.57. The zero-order valence-corrected chi connectivity index (χ0v) is 16.6. The van der Waals surface area contributed by atoms with Gasteiger partial charge in [-0.15, -0.1) is 0 Å². The first-order valence-electron chi connectivity index (χ1n) is 9.33. The summed E-state index contributed by atoms with van der Waals surface area (Å²) in [5.41, 5.74) is 1.09. The maximum Gasteiger partial charge on any atom is 0.309 e. The van der Waals surface area contributed by atoms with Gasteiger partial charge in [-0.05, 0) is 36.5 Å². The Balaban J connectivity index is 1.54. The van der Waals surface area contributed by atoms with Gasteiger partial charge in [-0.2, -0.15) is 4.31 Å². The number of amides is 1. The summed E-state index contributed by atoms with van der Waals surface area (Å²) in [5, 5.41) is 0. The first-order chi connectivity index (χ1) is 12.8. The van der Waals surface area contributed by atoms with Crippen LogP contribution < -0.4 is 0 Å². The van der Waals surface area contributed by atoms with Gasteiger partial charge in [-0.25, -0.2) is 8.42 Å². The second kappa shape index (κ2) is 7.98. The molecule has 8 heteroatoms. The number of sulfonamides is 1. The Morgan fingerprint density at radius 2 is 1.67 bits per heavy atom. The van der Waals surface area contributed by atoms with Crippen molar-refractivity contribution in [1.82, 2.24) is 9.21 Å². The van der Waals surface area contributed by atoms with E-state index in [9.17, 15) is 18.0 Å². The maximum absolute atomic E-state index is 12.8. The average molecular weight is 394 g/mol. The van der Waals surface area contributed by atoms with Gasteiger partial charge >= 0.3 is 5.97 Å². The van der Waals surface area contributed by atoms with Crippen LogP contribution >= 0.6 is 0 Å². The summed E-state index contributed by atoms with van der Waals surface area (Å²) < 4.78 is 32.0. The normalized spacial score (nSPS) is 18.6. The minimum Gasteiger partial charge on any atom is -0.455 e. The lowest BCUT2D eigenvalue weighted by molar-refractivity contribution is -0.153. The summed E-state index contributed by atoms with van der Waals surface area (Å²) in [4.78, 5) is 25.5. The Bertz CT molecular complexity index is 792. The van der Waals surface area contributed by atoms with Crippen molar-refractivity contribution in [3.8, 4) is 0 Å². The molecule has 0 radical (unpaired) electrons. The van der Waals surface area contributed by atoms with E-state index in [0.29, 0.717) is 19.0 Å². The minimum absolute atomic E-state index is 0.0399. The largest absolute Gasteiger partial charge is 0.455 e. The predicted octanol–water partition coefficient (Wildman–Crippen LogP) is 1.60. The number of hydrogen-bond donors (Lipinski definition) is 0. The summed E-state index contributed by atoms with van der Waals surface area (Å²) in [6.45, 7) is 4.90. The fourth-order valence-corrected chi connectivity index (χ4v) is 4.43. The molecule has 0 N–H and O–H groups in total. The number of esters is 1. The third-order valence-electron chi connectivity index (χ3n) is 5.02. The van der Waals surface area contributed by atoms with Gasteiger partial charge in [-0.1, -0.05) is 26.0 Å². The standard InChI is InChI=1S/C19H26N2O5S/c1-14(2)15-5-7-17(8-6-15)27(24,25)21-11-9-20(10-12-21)18(22)13-26-19(23)16-3-4-16/h5-8,14,16H,3-4,9-13H2,1-2H3. The van der Waals surface area contributed by atoms with Gasteiger partial charge in [0.15, 0.2) is 6.61 Å². The number of carbonyl (C=O) groups excluding carboxylic acids is 2. The molecule has 1 saturated heterocycles. The van der Waals surface area contributed by atoms with E-state index in [4.69, 9.17) is 4.74 Å². The lowest BCUT2D eigenvalue weighted by atomic mass is 10.0. The number of benzene rings is 1. The molecule has 1 aliphatic heterocycles. The zero-order valence-electron chi connectivity index (χ0n) is 15.8. The van der Waals surface area contributed by atoms with Gasteiger partial charge in [0.25, 0.3) is 5.91 Å². The van der Waals surface area contributed by atoms with Crippen molar-refractivity contribution in [2.24, 2.45) is 5.92 Å². The van der Waals surface area contributed by atoms with Crippen LogP contribution in [-0.4, -0.2) is 62.3 Å². The van der Waals surface area contributed by atoms with Crippen LogP contribution in [0.3, 0.4) is 0 Å². The smallest absolute Gasteiger partial charge is 0.309 e. The van der Waals surface area contributed by atoms with Crippen LogP contribution in [0.5, 0.6) is 0 Å². The Morgan fingerprint density at radius 3 is 2.19 bits per heavy atom. The zero-order chi connectivity index (χ0) is 19.6. The molecule has 3 rings (SSSR count). The van der Waals surface area contributed by atoms with Gasteiger partial charge in [0.05, 0.1) is 10.8 Å². The number of piperazine rings is 1. The SMILES string of the molecule is CC(C)c1ccc(S(=O)(=O)N2CCN(C(=O)COC(=O)C3CC3)CC2)cc1. The topological polar surface area (TPSA) is 84.0 Å². The van der Waals surface area contributed by atoms with E-state index in [-0.39, 0.29) is 42.4 Å². The highest BCUT2D eigenvalue weighted by Crippen LogP contribution is 2.30. The van der Waals surface area contributed by atoms with Gasteiger partial charge < -0.3 is 9.64 Å². The fourth-order valence-electron chi connectivity index (χ4n) is 3.01. The van der Waals surface area contributed by atoms with E-state index in [1.165, 1.54) is 4.31 Å². The second-order valence-electron chi connectivity index (χ2n) is 7.39. The molecule has 1 saturated carbocycles. The van der Waals surface area contributed by atoms with Crippen LogP contribution in [0.15, 0.2) is 29.2 Å². The highest BCUT2D eigenvalue weighted by molar-refractivity contribution is 7.89. The lowest BCUT2D eigenvalue weighted by Gasteiger charge is -2.33. The molecule has 1 aromatic rings. The van der Waals surface area contributed by atoms with E-state index in [1.54, 1.807) is 17.0 Å². The van der Waals surface area contributed by atoms with E-state index in [1.807, 2.05) is 12.1 Å². The molecule has 7 nitrogen and oxygen atoms in total. The molecule has 1 heterocycles. The Hall–Kier alpha value is -1.93. The van der Waals surface area contributed by atoms with E-state index in [0.717, 1.165) is 18.4 Å². The summed E-state index contributed by atoms with van der Waals surface area (Å²) in [7, 11) is -3.57. The lowest BCUT2D eigenvalue weighted by Crippen LogP contribution is -2.51. The van der Waals surface area contributed by atoms with E-state index < -0.39 is 10.0 Å².